The fourth-order valence-electron chi connectivity index (χ4n) is 3.40. The number of hydrogen-bond acceptors (Lipinski definition) is 4. The molecule has 0 saturated heterocycles. The predicted molar refractivity (Wildman–Crippen MR) is 119 cm³/mol. The second-order valence-corrected chi connectivity index (χ2v) is 7.36. The van der Waals surface area contributed by atoms with E-state index in [0.29, 0.717) is 35.5 Å². The first kappa shape index (κ1) is 22.1. The van der Waals surface area contributed by atoms with Crippen LogP contribution in [-0.2, 0) is 17.8 Å². The highest BCUT2D eigenvalue weighted by Gasteiger charge is 2.19. The average molecular weight is 453 g/mol. The van der Waals surface area contributed by atoms with Crippen LogP contribution in [-0.4, -0.2) is 19.0 Å². The fourth-order valence-corrected chi connectivity index (χ4v) is 3.40. The van der Waals surface area contributed by atoms with Crippen LogP contribution in [0.2, 0.25) is 0 Å². The van der Waals surface area contributed by atoms with Gasteiger partial charge in [0.05, 0.1) is 12.8 Å². The SMILES string of the molecule is COc1cc2c(cc1NC(=O)NCc1ccc(Oc3ccccc3F)c(F)c1)NC(=O)CC2. The van der Waals surface area contributed by atoms with Crippen LogP contribution in [0, 0.1) is 11.6 Å². The highest BCUT2D eigenvalue weighted by Crippen LogP contribution is 2.34. The van der Waals surface area contributed by atoms with Gasteiger partial charge in [-0.25, -0.2) is 13.6 Å². The summed E-state index contributed by atoms with van der Waals surface area (Å²) in [5.41, 5.74) is 2.41. The van der Waals surface area contributed by atoms with Crippen molar-refractivity contribution in [3.05, 3.63) is 77.4 Å². The van der Waals surface area contributed by atoms with Gasteiger partial charge in [0.1, 0.15) is 5.75 Å². The van der Waals surface area contributed by atoms with E-state index >= 15 is 0 Å². The largest absolute Gasteiger partial charge is 0.495 e. The number of fused-ring (bicyclic) bond motifs is 1. The number of nitrogens with one attached hydrogen (secondary N) is 3. The van der Waals surface area contributed by atoms with E-state index < -0.39 is 17.7 Å². The van der Waals surface area contributed by atoms with E-state index in [9.17, 15) is 18.4 Å². The van der Waals surface area contributed by atoms with Gasteiger partial charge in [-0.1, -0.05) is 18.2 Å². The first-order valence-corrected chi connectivity index (χ1v) is 10.2. The summed E-state index contributed by atoms with van der Waals surface area (Å²) in [6, 6.07) is 12.7. The van der Waals surface area contributed by atoms with Crippen molar-refractivity contribution >= 4 is 23.3 Å². The third kappa shape index (κ3) is 5.20. The maximum absolute atomic E-state index is 14.4. The molecule has 9 heteroatoms. The maximum atomic E-state index is 14.4. The quantitative estimate of drug-likeness (QED) is 0.492. The zero-order valence-corrected chi connectivity index (χ0v) is 17.7. The van der Waals surface area contributed by atoms with Gasteiger partial charge >= 0.3 is 6.03 Å². The molecule has 0 unspecified atom stereocenters. The lowest BCUT2D eigenvalue weighted by Gasteiger charge is -2.20. The number of anilines is 2. The summed E-state index contributed by atoms with van der Waals surface area (Å²) < 4.78 is 38.7. The lowest BCUT2D eigenvalue weighted by atomic mass is 10.0. The number of hydrogen-bond donors (Lipinski definition) is 3. The Morgan fingerprint density at radius 1 is 1.00 bits per heavy atom. The summed E-state index contributed by atoms with van der Waals surface area (Å²) in [6.07, 6.45) is 0.982. The van der Waals surface area contributed by atoms with Gasteiger partial charge in [0.2, 0.25) is 5.91 Å². The molecule has 0 aliphatic carbocycles. The average Bonchev–Trinajstić information content (AvgIpc) is 2.80. The number of para-hydroxylation sites is 1. The van der Waals surface area contributed by atoms with E-state index in [2.05, 4.69) is 16.0 Å². The second-order valence-electron chi connectivity index (χ2n) is 7.36. The number of benzene rings is 3. The maximum Gasteiger partial charge on any atom is 0.319 e. The number of rotatable bonds is 6. The molecule has 4 rings (SSSR count). The molecule has 1 heterocycles. The van der Waals surface area contributed by atoms with E-state index in [1.165, 1.54) is 37.4 Å². The molecule has 3 amide bonds. The third-order valence-corrected chi connectivity index (χ3v) is 5.07. The summed E-state index contributed by atoms with van der Waals surface area (Å²) in [5.74, 6) is -1.14. The lowest BCUT2D eigenvalue weighted by molar-refractivity contribution is -0.116. The molecule has 0 radical (unpaired) electrons. The standard InChI is InChI=1S/C24H21F2N3O4/c1-32-22-11-15-7-9-23(30)28-18(15)12-19(22)29-24(31)27-13-14-6-8-21(17(26)10-14)33-20-5-3-2-4-16(20)25/h2-6,8,10-12H,7,9,13H2,1H3,(H,28,30)(H2,27,29,31). The molecule has 170 valence electrons. The summed E-state index contributed by atoms with van der Waals surface area (Å²) in [6.45, 7) is 0.0344. The Kier molecular flexibility index (Phi) is 6.39. The van der Waals surface area contributed by atoms with Crippen molar-refractivity contribution in [1.29, 1.82) is 0 Å². The van der Waals surface area contributed by atoms with E-state index in [1.807, 2.05) is 0 Å². The van der Waals surface area contributed by atoms with Crippen molar-refractivity contribution in [3.8, 4) is 17.2 Å². The summed E-state index contributed by atoms with van der Waals surface area (Å²) in [4.78, 5) is 24.0. The normalized spacial score (nSPS) is 12.4. The molecule has 0 spiro atoms. The molecule has 3 N–H and O–H groups in total. The first-order valence-electron chi connectivity index (χ1n) is 10.2. The Morgan fingerprint density at radius 2 is 1.79 bits per heavy atom. The van der Waals surface area contributed by atoms with Gasteiger partial charge in [-0.3, -0.25) is 4.79 Å². The molecule has 33 heavy (non-hydrogen) atoms. The van der Waals surface area contributed by atoms with Gasteiger partial charge in [-0.05, 0) is 53.9 Å². The Bertz CT molecular complexity index is 1220. The number of ether oxygens (including phenoxy) is 2. The van der Waals surface area contributed by atoms with E-state index in [0.717, 1.165) is 5.56 Å². The van der Waals surface area contributed by atoms with Crippen molar-refractivity contribution < 1.29 is 27.8 Å². The smallest absolute Gasteiger partial charge is 0.319 e. The Labute approximate surface area is 188 Å². The second kappa shape index (κ2) is 9.56. The molecule has 0 aromatic heterocycles. The molecule has 1 aliphatic heterocycles. The zero-order chi connectivity index (χ0) is 23.4. The monoisotopic (exact) mass is 453 g/mol. The minimum atomic E-state index is -0.690. The van der Waals surface area contributed by atoms with Crippen LogP contribution in [0.3, 0.4) is 0 Å². The van der Waals surface area contributed by atoms with Crippen LogP contribution in [0.25, 0.3) is 0 Å². The fraction of sp³-hybridized carbons (Fsp3) is 0.167. The van der Waals surface area contributed by atoms with Gasteiger partial charge in [0, 0.05) is 18.7 Å². The molecule has 3 aromatic carbocycles. The van der Waals surface area contributed by atoms with Gasteiger partial charge < -0.3 is 25.4 Å². The predicted octanol–water partition coefficient (Wildman–Crippen LogP) is 4.97. The van der Waals surface area contributed by atoms with Gasteiger partial charge in [-0.15, -0.1) is 0 Å². The van der Waals surface area contributed by atoms with Crippen molar-refractivity contribution in [3.63, 3.8) is 0 Å². The molecular formula is C24H21F2N3O4. The zero-order valence-electron chi connectivity index (χ0n) is 17.7. The number of carbonyl (C=O) groups excluding carboxylic acids is 2. The van der Waals surface area contributed by atoms with Gasteiger partial charge in [0.15, 0.2) is 23.1 Å². The van der Waals surface area contributed by atoms with Gasteiger partial charge in [0.25, 0.3) is 0 Å². The van der Waals surface area contributed by atoms with E-state index in [-0.39, 0.29) is 24.0 Å². The number of amides is 3. The van der Waals surface area contributed by atoms with Crippen molar-refractivity contribution in [2.75, 3.05) is 17.7 Å². The third-order valence-electron chi connectivity index (χ3n) is 5.07. The molecule has 0 atom stereocenters. The van der Waals surface area contributed by atoms with Crippen molar-refractivity contribution in [2.45, 2.75) is 19.4 Å². The summed E-state index contributed by atoms with van der Waals surface area (Å²) in [7, 11) is 1.49. The van der Waals surface area contributed by atoms with Crippen LogP contribution in [0.1, 0.15) is 17.5 Å². The highest BCUT2D eigenvalue weighted by atomic mass is 19.1. The minimum absolute atomic E-state index is 0.0344. The Morgan fingerprint density at radius 3 is 2.55 bits per heavy atom. The van der Waals surface area contributed by atoms with E-state index in [1.54, 1.807) is 24.3 Å². The number of carbonyl (C=O) groups is 2. The molecule has 0 bridgehead atoms. The highest BCUT2D eigenvalue weighted by molar-refractivity contribution is 5.97. The number of halogens is 2. The molecule has 1 aliphatic rings. The van der Waals surface area contributed by atoms with Crippen LogP contribution >= 0.6 is 0 Å². The topological polar surface area (TPSA) is 88.7 Å². The minimum Gasteiger partial charge on any atom is -0.495 e. The molecule has 0 fully saturated rings. The molecule has 3 aromatic rings. The summed E-state index contributed by atoms with van der Waals surface area (Å²) in [5, 5.41) is 8.08. The summed E-state index contributed by atoms with van der Waals surface area (Å²) >= 11 is 0. The lowest BCUT2D eigenvalue weighted by Crippen LogP contribution is -2.28. The van der Waals surface area contributed by atoms with Crippen LogP contribution in [0.15, 0.2) is 54.6 Å². The van der Waals surface area contributed by atoms with Gasteiger partial charge in [-0.2, -0.15) is 0 Å². The molecular weight excluding hydrogens is 432 g/mol. The first-order chi connectivity index (χ1) is 15.9. The van der Waals surface area contributed by atoms with Crippen molar-refractivity contribution in [2.24, 2.45) is 0 Å². The number of aryl methyl sites for hydroxylation is 1. The van der Waals surface area contributed by atoms with Crippen LogP contribution in [0.4, 0.5) is 25.0 Å². The van der Waals surface area contributed by atoms with Crippen molar-refractivity contribution in [1.82, 2.24) is 5.32 Å². The molecule has 7 nitrogen and oxygen atoms in total. The Hall–Kier alpha value is -4.14. The number of methoxy groups -OCH3 is 1. The molecule has 0 saturated carbocycles. The number of urea groups is 1. The van der Waals surface area contributed by atoms with Crippen LogP contribution < -0.4 is 25.4 Å². The van der Waals surface area contributed by atoms with Crippen LogP contribution in [0.5, 0.6) is 17.2 Å². The van der Waals surface area contributed by atoms with E-state index in [4.69, 9.17) is 9.47 Å². The Balaban J connectivity index is 1.39.